The Labute approximate surface area is 85.1 Å². The van der Waals surface area contributed by atoms with Crippen molar-refractivity contribution >= 4 is 5.97 Å². The van der Waals surface area contributed by atoms with Crippen LogP contribution in [0.25, 0.3) is 0 Å². The van der Waals surface area contributed by atoms with Gasteiger partial charge < -0.3 is 10.2 Å². The Morgan fingerprint density at radius 1 is 1.43 bits per heavy atom. The summed E-state index contributed by atoms with van der Waals surface area (Å²) in [5.74, 6) is 0.340. The second-order valence-corrected chi connectivity index (χ2v) is 4.82. The second-order valence-electron chi connectivity index (χ2n) is 4.82. The highest BCUT2D eigenvalue weighted by atomic mass is 16.4. The molecule has 3 heteroatoms. The number of rotatable bonds is 3. The third kappa shape index (κ3) is 2.98. The molecule has 0 radical (unpaired) electrons. The van der Waals surface area contributed by atoms with Crippen molar-refractivity contribution in [1.82, 2.24) is 0 Å². The molecule has 3 atom stereocenters. The zero-order valence-corrected chi connectivity index (χ0v) is 8.99. The van der Waals surface area contributed by atoms with E-state index in [9.17, 15) is 9.90 Å². The van der Waals surface area contributed by atoms with Crippen LogP contribution in [0, 0.1) is 11.8 Å². The van der Waals surface area contributed by atoms with Gasteiger partial charge in [-0.1, -0.05) is 13.8 Å². The van der Waals surface area contributed by atoms with Crippen molar-refractivity contribution in [2.45, 2.75) is 51.6 Å². The zero-order valence-electron chi connectivity index (χ0n) is 8.99. The molecule has 0 aromatic carbocycles. The quantitative estimate of drug-likeness (QED) is 0.733. The van der Waals surface area contributed by atoms with Crippen LogP contribution in [0.4, 0.5) is 0 Å². The Balaban J connectivity index is 2.45. The van der Waals surface area contributed by atoms with Crippen molar-refractivity contribution < 1.29 is 15.0 Å². The molecule has 1 aliphatic carbocycles. The van der Waals surface area contributed by atoms with Gasteiger partial charge in [-0.2, -0.15) is 0 Å². The molecule has 1 rings (SSSR count). The van der Waals surface area contributed by atoms with Gasteiger partial charge in [-0.15, -0.1) is 0 Å². The lowest BCUT2D eigenvalue weighted by Gasteiger charge is -2.38. The second kappa shape index (κ2) is 4.30. The largest absolute Gasteiger partial charge is 0.481 e. The Kier molecular flexibility index (Phi) is 3.53. The van der Waals surface area contributed by atoms with Gasteiger partial charge in [0.25, 0.3) is 0 Å². The van der Waals surface area contributed by atoms with Gasteiger partial charge in [-0.3, -0.25) is 4.79 Å². The van der Waals surface area contributed by atoms with Crippen LogP contribution < -0.4 is 0 Å². The lowest BCUT2D eigenvalue weighted by Crippen LogP contribution is -2.38. The lowest BCUT2D eigenvalue weighted by molar-refractivity contribution is -0.139. The first kappa shape index (κ1) is 11.5. The van der Waals surface area contributed by atoms with E-state index in [0.717, 1.165) is 19.3 Å². The fourth-order valence-corrected chi connectivity index (χ4v) is 2.25. The summed E-state index contributed by atoms with van der Waals surface area (Å²) in [6.45, 7) is 4.33. The van der Waals surface area contributed by atoms with Crippen molar-refractivity contribution in [3.63, 3.8) is 0 Å². The van der Waals surface area contributed by atoms with E-state index in [0.29, 0.717) is 18.3 Å². The predicted molar refractivity (Wildman–Crippen MR) is 54.0 cm³/mol. The smallest absolute Gasteiger partial charge is 0.303 e. The van der Waals surface area contributed by atoms with Crippen LogP contribution >= 0.6 is 0 Å². The molecule has 0 spiro atoms. The SMILES string of the molecule is CC1CCC(O)(CCC(=O)O)CC1C. The first-order chi connectivity index (χ1) is 6.43. The molecule has 0 bridgehead atoms. The number of carbonyl (C=O) groups is 1. The Bertz CT molecular complexity index is 215. The number of carboxylic acid groups (broad SMARTS) is 1. The standard InChI is InChI=1S/C11H20O3/c1-8-3-5-11(14,7-9(8)2)6-4-10(12)13/h8-9,14H,3-7H2,1-2H3,(H,12,13). The van der Waals surface area contributed by atoms with E-state index in [1.165, 1.54) is 0 Å². The Hall–Kier alpha value is -0.570. The molecule has 3 unspecified atom stereocenters. The lowest BCUT2D eigenvalue weighted by atomic mass is 9.71. The van der Waals surface area contributed by atoms with Gasteiger partial charge in [-0.25, -0.2) is 0 Å². The average molecular weight is 200 g/mol. The summed E-state index contributed by atoms with van der Waals surface area (Å²) in [5, 5.41) is 18.7. The maximum atomic E-state index is 10.4. The van der Waals surface area contributed by atoms with E-state index in [2.05, 4.69) is 13.8 Å². The highest BCUT2D eigenvalue weighted by molar-refractivity contribution is 5.66. The molecule has 2 N–H and O–H groups in total. The highest BCUT2D eigenvalue weighted by Gasteiger charge is 2.35. The molecular formula is C11H20O3. The van der Waals surface area contributed by atoms with E-state index in [4.69, 9.17) is 5.11 Å². The van der Waals surface area contributed by atoms with E-state index in [1.54, 1.807) is 0 Å². The minimum Gasteiger partial charge on any atom is -0.481 e. The summed E-state index contributed by atoms with van der Waals surface area (Å²) in [4.78, 5) is 10.4. The fourth-order valence-electron chi connectivity index (χ4n) is 2.25. The number of aliphatic hydroxyl groups is 1. The predicted octanol–water partition coefficient (Wildman–Crippen LogP) is 2.04. The first-order valence-electron chi connectivity index (χ1n) is 5.37. The molecule has 3 nitrogen and oxygen atoms in total. The summed E-state index contributed by atoms with van der Waals surface area (Å²) < 4.78 is 0. The Morgan fingerprint density at radius 2 is 2.07 bits per heavy atom. The molecule has 82 valence electrons. The molecule has 14 heavy (non-hydrogen) atoms. The average Bonchev–Trinajstić information content (AvgIpc) is 2.09. The van der Waals surface area contributed by atoms with Gasteiger partial charge in [0, 0.05) is 6.42 Å². The normalized spacial score (nSPS) is 38.2. The van der Waals surface area contributed by atoms with Crippen LogP contribution in [0.1, 0.15) is 46.0 Å². The molecule has 1 saturated carbocycles. The minimum absolute atomic E-state index is 0.0810. The van der Waals surface area contributed by atoms with Crippen molar-refractivity contribution in [2.75, 3.05) is 0 Å². The van der Waals surface area contributed by atoms with Gasteiger partial charge in [0.1, 0.15) is 0 Å². The summed E-state index contributed by atoms with van der Waals surface area (Å²) in [6, 6.07) is 0. The summed E-state index contributed by atoms with van der Waals surface area (Å²) >= 11 is 0. The van der Waals surface area contributed by atoms with E-state index in [1.807, 2.05) is 0 Å². The molecule has 1 fully saturated rings. The van der Waals surface area contributed by atoms with Gasteiger partial charge in [-0.05, 0) is 37.5 Å². The van der Waals surface area contributed by atoms with Gasteiger partial charge in [0.15, 0.2) is 0 Å². The highest BCUT2D eigenvalue weighted by Crippen LogP contribution is 2.38. The Morgan fingerprint density at radius 3 is 2.57 bits per heavy atom. The first-order valence-corrected chi connectivity index (χ1v) is 5.37. The van der Waals surface area contributed by atoms with Gasteiger partial charge in [0.05, 0.1) is 5.60 Å². The zero-order chi connectivity index (χ0) is 10.8. The van der Waals surface area contributed by atoms with Crippen LogP contribution in [0.5, 0.6) is 0 Å². The fraction of sp³-hybridized carbons (Fsp3) is 0.909. The summed E-state index contributed by atoms with van der Waals surface area (Å²) in [6.07, 6.45) is 3.00. The molecule has 0 amide bonds. The molecule has 0 aromatic rings. The minimum atomic E-state index is -0.815. The van der Waals surface area contributed by atoms with Gasteiger partial charge >= 0.3 is 5.97 Å². The summed E-state index contributed by atoms with van der Waals surface area (Å²) in [7, 11) is 0. The third-order valence-corrected chi connectivity index (χ3v) is 3.54. The number of carboxylic acids is 1. The topological polar surface area (TPSA) is 57.5 Å². The van der Waals surface area contributed by atoms with Crippen molar-refractivity contribution in [2.24, 2.45) is 11.8 Å². The van der Waals surface area contributed by atoms with Crippen LogP contribution in [0.3, 0.4) is 0 Å². The van der Waals surface area contributed by atoms with Crippen molar-refractivity contribution in [3.8, 4) is 0 Å². The number of hydrogen-bond acceptors (Lipinski definition) is 2. The van der Waals surface area contributed by atoms with Gasteiger partial charge in [0.2, 0.25) is 0 Å². The third-order valence-electron chi connectivity index (χ3n) is 3.54. The monoisotopic (exact) mass is 200 g/mol. The number of aliphatic carboxylic acids is 1. The van der Waals surface area contributed by atoms with Crippen LogP contribution in [-0.2, 0) is 4.79 Å². The van der Waals surface area contributed by atoms with Crippen LogP contribution in [-0.4, -0.2) is 21.8 Å². The van der Waals surface area contributed by atoms with Crippen molar-refractivity contribution in [1.29, 1.82) is 0 Å². The molecule has 1 aliphatic rings. The summed E-state index contributed by atoms with van der Waals surface area (Å²) in [5.41, 5.74) is -0.718. The maximum Gasteiger partial charge on any atom is 0.303 e. The van der Waals surface area contributed by atoms with E-state index in [-0.39, 0.29) is 6.42 Å². The molecular weight excluding hydrogens is 180 g/mol. The molecule has 0 aliphatic heterocycles. The maximum absolute atomic E-state index is 10.4. The van der Waals surface area contributed by atoms with Crippen LogP contribution in [0.15, 0.2) is 0 Å². The van der Waals surface area contributed by atoms with Crippen LogP contribution in [0.2, 0.25) is 0 Å². The number of hydrogen-bond donors (Lipinski definition) is 2. The van der Waals surface area contributed by atoms with E-state index >= 15 is 0 Å². The van der Waals surface area contributed by atoms with Crippen molar-refractivity contribution in [3.05, 3.63) is 0 Å². The van der Waals surface area contributed by atoms with E-state index < -0.39 is 11.6 Å². The molecule has 0 heterocycles. The molecule has 0 aromatic heterocycles. The molecule has 0 saturated heterocycles.